The number of aromatic amines is 1. The van der Waals surface area contributed by atoms with E-state index in [1.165, 1.54) is 12.4 Å². The third-order valence-corrected chi connectivity index (χ3v) is 3.50. The van der Waals surface area contributed by atoms with Crippen molar-refractivity contribution in [2.75, 3.05) is 5.32 Å². The second kappa shape index (κ2) is 4.93. The Balaban J connectivity index is 1.63. The summed E-state index contributed by atoms with van der Waals surface area (Å²) in [5.74, 6) is 1.56. The Labute approximate surface area is 127 Å². The van der Waals surface area contributed by atoms with Gasteiger partial charge in [-0.2, -0.15) is 23.4 Å². The molecule has 3 heterocycles. The standard InChI is InChI=1S/C13H12F3N7/c14-13(15,16)6-23-5-8(3-18-23)19-12-10-9(4-17-22-10)20-11(21-12)7-1-2-7/h3-5,7H,1-2,6H2,(H,17,22)(H,19,20,21). The lowest BCUT2D eigenvalue weighted by atomic mass is 10.3. The van der Waals surface area contributed by atoms with E-state index in [1.54, 1.807) is 6.20 Å². The summed E-state index contributed by atoms with van der Waals surface area (Å²) in [6, 6.07) is 0. The van der Waals surface area contributed by atoms with E-state index in [-0.39, 0.29) is 0 Å². The molecule has 3 aromatic heterocycles. The lowest BCUT2D eigenvalue weighted by molar-refractivity contribution is -0.142. The maximum atomic E-state index is 12.4. The van der Waals surface area contributed by atoms with E-state index in [9.17, 15) is 13.2 Å². The molecule has 3 aromatic rings. The van der Waals surface area contributed by atoms with Gasteiger partial charge in [-0.25, -0.2) is 9.97 Å². The summed E-state index contributed by atoms with van der Waals surface area (Å²) in [5.41, 5.74) is 1.70. The first-order valence-electron chi connectivity index (χ1n) is 7.05. The second-order valence-corrected chi connectivity index (χ2v) is 5.50. The largest absolute Gasteiger partial charge is 0.408 e. The fourth-order valence-electron chi connectivity index (χ4n) is 2.31. The van der Waals surface area contributed by atoms with E-state index in [1.807, 2.05) is 0 Å². The van der Waals surface area contributed by atoms with Crippen LogP contribution in [0.4, 0.5) is 24.7 Å². The minimum Gasteiger partial charge on any atom is -0.336 e. The van der Waals surface area contributed by atoms with Gasteiger partial charge in [0.1, 0.15) is 23.4 Å². The Morgan fingerprint density at radius 2 is 2.09 bits per heavy atom. The smallest absolute Gasteiger partial charge is 0.336 e. The molecule has 120 valence electrons. The summed E-state index contributed by atoms with van der Waals surface area (Å²) >= 11 is 0. The monoisotopic (exact) mass is 323 g/mol. The Bertz CT molecular complexity index is 847. The summed E-state index contributed by atoms with van der Waals surface area (Å²) < 4.78 is 38.0. The van der Waals surface area contributed by atoms with E-state index in [2.05, 4.69) is 30.6 Å². The maximum absolute atomic E-state index is 12.4. The molecule has 0 unspecified atom stereocenters. The van der Waals surface area contributed by atoms with Crippen LogP contribution in [-0.2, 0) is 6.54 Å². The van der Waals surface area contributed by atoms with Crippen LogP contribution in [0.3, 0.4) is 0 Å². The molecule has 0 aliphatic heterocycles. The van der Waals surface area contributed by atoms with Crippen molar-refractivity contribution in [3.8, 4) is 0 Å². The topological polar surface area (TPSA) is 84.3 Å². The second-order valence-electron chi connectivity index (χ2n) is 5.50. The first-order chi connectivity index (χ1) is 11.0. The molecule has 0 saturated heterocycles. The van der Waals surface area contributed by atoms with Crippen LogP contribution in [0.2, 0.25) is 0 Å². The molecule has 1 aliphatic rings. The van der Waals surface area contributed by atoms with Gasteiger partial charge < -0.3 is 5.32 Å². The maximum Gasteiger partial charge on any atom is 0.408 e. The number of hydrogen-bond donors (Lipinski definition) is 2. The van der Waals surface area contributed by atoms with Crippen molar-refractivity contribution in [3.63, 3.8) is 0 Å². The molecule has 0 aromatic carbocycles. The van der Waals surface area contributed by atoms with Gasteiger partial charge in [0.2, 0.25) is 0 Å². The number of H-pyrrole nitrogens is 1. The molecule has 2 N–H and O–H groups in total. The van der Waals surface area contributed by atoms with Crippen LogP contribution in [0.25, 0.3) is 11.0 Å². The van der Waals surface area contributed by atoms with Crippen LogP contribution in [0.15, 0.2) is 18.6 Å². The average molecular weight is 323 g/mol. The molecule has 1 saturated carbocycles. The van der Waals surface area contributed by atoms with Crippen molar-refractivity contribution < 1.29 is 13.2 Å². The molecular weight excluding hydrogens is 311 g/mol. The zero-order valence-corrected chi connectivity index (χ0v) is 11.8. The quantitative estimate of drug-likeness (QED) is 0.771. The van der Waals surface area contributed by atoms with Crippen molar-refractivity contribution >= 4 is 22.5 Å². The van der Waals surface area contributed by atoms with Crippen molar-refractivity contribution in [1.29, 1.82) is 0 Å². The van der Waals surface area contributed by atoms with Gasteiger partial charge in [0.25, 0.3) is 0 Å². The molecule has 1 aliphatic carbocycles. The predicted molar refractivity (Wildman–Crippen MR) is 75.2 cm³/mol. The van der Waals surface area contributed by atoms with Gasteiger partial charge in [-0.1, -0.05) is 0 Å². The normalized spacial score (nSPS) is 15.3. The molecular formula is C13H12F3N7. The van der Waals surface area contributed by atoms with E-state index in [4.69, 9.17) is 0 Å². The van der Waals surface area contributed by atoms with Crippen molar-refractivity contribution in [1.82, 2.24) is 29.9 Å². The number of nitrogens with zero attached hydrogens (tertiary/aromatic N) is 5. The Morgan fingerprint density at radius 3 is 2.83 bits per heavy atom. The first kappa shape index (κ1) is 14.0. The molecule has 0 spiro atoms. The highest BCUT2D eigenvalue weighted by Crippen LogP contribution is 2.39. The molecule has 0 atom stereocenters. The lowest BCUT2D eigenvalue weighted by Crippen LogP contribution is -2.17. The van der Waals surface area contributed by atoms with Gasteiger partial charge in [0.15, 0.2) is 5.82 Å². The van der Waals surface area contributed by atoms with Crippen LogP contribution in [-0.4, -0.2) is 36.1 Å². The summed E-state index contributed by atoms with van der Waals surface area (Å²) in [6.45, 7) is -1.13. The third kappa shape index (κ3) is 2.96. The number of nitrogens with one attached hydrogen (secondary N) is 2. The average Bonchev–Trinajstić information content (AvgIpc) is 3.06. The van der Waals surface area contributed by atoms with Crippen LogP contribution < -0.4 is 5.32 Å². The van der Waals surface area contributed by atoms with E-state index >= 15 is 0 Å². The zero-order valence-electron chi connectivity index (χ0n) is 11.8. The summed E-state index contributed by atoms with van der Waals surface area (Å²) in [4.78, 5) is 8.90. The number of fused-ring (bicyclic) bond motifs is 1. The predicted octanol–water partition coefficient (Wildman–Crippen LogP) is 2.73. The van der Waals surface area contributed by atoms with Gasteiger partial charge in [-0.3, -0.25) is 9.78 Å². The third-order valence-electron chi connectivity index (χ3n) is 3.50. The summed E-state index contributed by atoms with van der Waals surface area (Å²) in [5, 5.41) is 13.4. The van der Waals surface area contributed by atoms with E-state index in [0.29, 0.717) is 28.5 Å². The van der Waals surface area contributed by atoms with Gasteiger partial charge in [-0.05, 0) is 12.8 Å². The highest BCUT2D eigenvalue weighted by molar-refractivity contribution is 5.86. The molecule has 10 heteroatoms. The van der Waals surface area contributed by atoms with Crippen molar-refractivity contribution in [3.05, 3.63) is 24.4 Å². The van der Waals surface area contributed by atoms with Crippen LogP contribution in [0.1, 0.15) is 24.6 Å². The number of rotatable bonds is 4. The van der Waals surface area contributed by atoms with Gasteiger partial charge in [0.05, 0.1) is 18.1 Å². The SMILES string of the molecule is FC(F)(F)Cn1cc(Nc2nc(C3CC3)nc3cn[nH]c23)cn1. The van der Waals surface area contributed by atoms with Crippen molar-refractivity contribution in [2.24, 2.45) is 0 Å². The van der Waals surface area contributed by atoms with E-state index < -0.39 is 12.7 Å². The Morgan fingerprint density at radius 1 is 1.26 bits per heavy atom. The minimum atomic E-state index is -4.31. The number of alkyl halides is 3. The molecule has 4 rings (SSSR count). The van der Waals surface area contributed by atoms with Crippen LogP contribution in [0, 0.1) is 0 Å². The highest BCUT2D eigenvalue weighted by Gasteiger charge is 2.29. The van der Waals surface area contributed by atoms with E-state index in [0.717, 1.165) is 23.3 Å². The van der Waals surface area contributed by atoms with Gasteiger partial charge >= 0.3 is 6.18 Å². The summed E-state index contributed by atoms with van der Waals surface area (Å²) in [7, 11) is 0. The lowest BCUT2D eigenvalue weighted by Gasteiger charge is -2.07. The Hall–Kier alpha value is -2.65. The fourth-order valence-corrected chi connectivity index (χ4v) is 2.31. The number of hydrogen-bond acceptors (Lipinski definition) is 5. The summed E-state index contributed by atoms with van der Waals surface area (Å²) in [6.07, 6.45) is 2.00. The minimum absolute atomic E-state index is 0.350. The van der Waals surface area contributed by atoms with Gasteiger partial charge in [-0.15, -0.1) is 0 Å². The molecule has 0 amide bonds. The van der Waals surface area contributed by atoms with Crippen LogP contribution in [0.5, 0.6) is 0 Å². The van der Waals surface area contributed by atoms with Crippen molar-refractivity contribution in [2.45, 2.75) is 31.5 Å². The molecule has 1 fully saturated rings. The molecule has 7 nitrogen and oxygen atoms in total. The highest BCUT2D eigenvalue weighted by atomic mass is 19.4. The molecule has 0 radical (unpaired) electrons. The Kier molecular flexibility index (Phi) is 3.00. The zero-order chi connectivity index (χ0) is 16.0. The molecule has 0 bridgehead atoms. The first-order valence-corrected chi connectivity index (χ1v) is 7.05. The number of halogens is 3. The fraction of sp³-hybridized carbons (Fsp3) is 0.385. The number of anilines is 2. The number of aromatic nitrogens is 6. The van der Waals surface area contributed by atoms with Gasteiger partial charge in [0, 0.05) is 12.1 Å². The molecule has 23 heavy (non-hydrogen) atoms. The van der Waals surface area contributed by atoms with Crippen LogP contribution >= 0.6 is 0 Å².